The molecule has 0 aliphatic heterocycles. The van der Waals surface area contributed by atoms with Gasteiger partial charge in [0.2, 0.25) is 0 Å². The van der Waals surface area contributed by atoms with Crippen molar-refractivity contribution in [3.8, 4) is 5.75 Å². The molecule has 0 bridgehead atoms. The summed E-state index contributed by atoms with van der Waals surface area (Å²) in [5.74, 6) is -0.156. The van der Waals surface area contributed by atoms with Crippen molar-refractivity contribution in [1.82, 2.24) is 4.98 Å². The van der Waals surface area contributed by atoms with Crippen LogP contribution in [0.15, 0.2) is 6.20 Å². The molecule has 0 aliphatic rings. The number of phosphoric acid groups is 2. The molecule has 11 nitrogen and oxygen atoms in total. The summed E-state index contributed by atoms with van der Waals surface area (Å²) in [7, 11) is -10.1. The van der Waals surface area contributed by atoms with Gasteiger partial charge in [-0.2, -0.15) is 4.31 Å². The average molecular weight is 345 g/mol. The van der Waals surface area contributed by atoms with Crippen LogP contribution in [-0.2, 0) is 20.0 Å². The Hall–Kier alpha value is -1.16. The van der Waals surface area contributed by atoms with E-state index in [1.165, 1.54) is 6.20 Å². The van der Waals surface area contributed by atoms with E-state index in [1.54, 1.807) is 6.92 Å². The first-order valence-electron chi connectivity index (χ1n) is 4.97. The van der Waals surface area contributed by atoms with E-state index in [1.807, 2.05) is 0 Å². The third-order valence-corrected chi connectivity index (χ3v) is 3.56. The Morgan fingerprint density at radius 3 is 2.00 bits per heavy atom. The summed E-state index contributed by atoms with van der Waals surface area (Å²) in [5.41, 5.74) is 0.840. The van der Waals surface area contributed by atoms with E-state index in [-0.39, 0.29) is 17.9 Å². The van der Waals surface area contributed by atoms with E-state index in [4.69, 9.17) is 24.7 Å². The maximum Gasteiger partial charge on any atom is 0.478 e. The quantitative estimate of drug-likeness (QED) is 0.306. The van der Waals surface area contributed by atoms with Crippen molar-refractivity contribution in [3.05, 3.63) is 23.0 Å². The van der Waals surface area contributed by atoms with Gasteiger partial charge in [0.05, 0.1) is 17.9 Å². The number of carbonyl (C=O) groups excluding carboxylic acids is 1. The van der Waals surface area contributed by atoms with E-state index >= 15 is 0 Å². The lowest BCUT2D eigenvalue weighted by molar-refractivity contribution is 0.111. The second-order valence-electron chi connectivity index (χ2n) is 3.47. The van der Waals surface area contributed by atoms with Crippen molar-refractivity contribution in [1.29, 1.82) is 0 Å². The number of aliphatic hydroxyl groups is 1. The van der Waals surface area contributed by atoms with Crippen LogP contribution in [0.1, 0.15) is 21.6 Å². The normalized spacial score (nSPS) is 11.5. The molecule has 0 aliphatic carbocycles. The summed E-state index contributed by atoms with van der Waals surface area (Å²) in [6.07, 6.45) is 1.88. The van der Waals surface area contributed by atoms with Gasteiger partial charge in [-0.3, -0.25) is 9.78 Å². The van der Waals surface area contributed by atoms with Crippen LogP contribution in [0.5, 0.6) is 5.75 Å². The van der Waals surface area contributed by atoms with Crippen molar-refractivity contribution >= 4 is 21.9 Å². The first-order valence-corrected chi connectivity index (χ1v) is 8.03. The van der Waals surface area contributed by atoms with Gasteiger partial charge in [-0.05, 0) is 6.92 Å². The van der Waals surface area contributed by atoms with E-state index in [0.29, 0.717) is 17.5 Å². The summed E-state index contributed by atoms with van der Waals surface area (Å²) in [6, 6.07) is 0. The summed E-state index contributed by atoms with van der Waals surface area (Å²) < 4.78 is 22.2. The largest absolute Gasteiger partial charge is 0.505 e. The Kier molecular flexibility index (Phi) is 7.31. The van der Waals surface area contributed by atoms with Gasteiger partial charge in [0.15, 0.2) is 6.29 Å². The van der Waals surface area contributed by atoms with Gasteiger partial charge in [0.1, 0.15) is 5.75 Å². The molecule has 0 amide bonds. The van der Waals surface area contributed by atoms with Crippen molar-refractivity contribution in [2.75, 3.05) is 0 Å². The number of aryl methyl sites for hydroxylation is 1. The Labute approximate surface area is 118 Å². The number of rotatable bonds is 4. The third-order valence-electron chi connectivity index (χ3n) is 1.86. The van der Waals surface area contributed by atoms with Crippen LogP contribution in [0.3, 0.4) is 0 Å². The zero-order valence-corrected chi connectivity index (χ0v) is 12.3. The fourth-order valence-electron chi connectivity index (χ4n) is 1.05. The fraction of sp³-hybridized carbons (Fsp3) is 0.250. The first-order chi connectivity index (χ1) is 9.41. The van der Waals surface area contributed by atoms with Crippen LogP contribution < -0.4 is 0 Å². The highest BCUT2D eigenvalue weighted by atomic mass is 31.3. The highest BCUT2D eigenvalue weighted by Gasteiger charge is 2.27. The van der Waals surface area contributed by atoms with E-state index in [0.717, 1.165) is 0 Å². The molecule has 21 heavy (non-hydrogen) atoms. The smallest absolute Gasteiger partial charge is 0.478 e. The molecule has 0 spiro atoms. The number of carbonyl (C=O) groups is 1. The lowest BCUT2D eigenvalue weighted by Gasteiger charge is -2.04. The number of aromatic hydroxyl groups is 1. The van der Waals surface area contributed by atoms with Crippen LogP contribution in [0.25, 0.3) is 0 Å². The third kappa shape index (κ3) is 8.00. The molecule has 0 fully saturated rings. The fourth-order valence-corrected chi connectivity index (χ4v) is 2.16. The van der Waals surface area contributed by atoms with Crippen molar-refractivity contribution in [2.24, 2.45) is 0 Å². The Morgan fingerprint density at radius 2 is 1.71 bits per heavy atom. The van der Waals surface area contributed by atoms with E-state index in [9.17, 15) is 19.0 Å². The molecule has 1 rings (SSSR count). The molecular formula is C8H13NO10P2. The van der Waals surface area contributed by atoms with Crippen molar-refractivity contribution in [2.45, 2.75) is 13.5 Å². The Balaban J connectivity index is 0.000000400. The van der Waals surface area contributed by atoms with Gasteiger partial charge in [-0.25, -0.2) is 9.13 Å². The van der Waals surface area contributed by atoms with Gasteiger partial charge in [0, 0.05) is 11.8 Å². The number of hydrogen-bond acceptors (Lipinski definition) is 7. The number of aliphatic hydroxyl groups excluding tert-OH is 1. The lowest BCUT2D eigenvalue weighted by atomic mass is 10.1. The van der Waals surface area contributed by atoms with Crippen LogP contribution >= 0.6 is 15.6 Å². The van der Waals surface area contributed by atoms with Gasteiger partial charge in [-0.1, -0.05) is 0 Å². The summed E-state index contributed by atoms with van der Waals surface area (Å²) in [6.45, 7) is 1.29. The van der Waals surface area contributed by atoms with Crippen LogP contribution in [-0.4, -0.2) is 41.1 Å². The number of pyridine rings is 1. The topological polar surface area (TPSA) is 195 Å². The van der Waals surface area contributed by atoms with Gasteiger partial charge < -0.3 is 29.8 Å². The molecule has 6 N–H and O–H groups in total. The van der Waals surface area contributed by atoms with Crippen molar-refractivity contribution < 1.29 is 48.0 Å². The molecule has 1 heterocycles. The number of nitrogens with zero attached hydrogens (tertiary/aromatic N) is 1. The van der Waals surface area contributed by atoms with E-state index in [2.05, 4.69) is 9.29 Å². The van der Waals surface area contributed by atoms with Gasteiger partial charge in [0.25, 0.3) is 0 Å². The number of hydrogen-bond donors (Lipinski definition) is 6. The minimum absolute atomic E-state index is 0.116. The van der Waals surface area contributed by atoms with Crippen LogP contribution in [0, 0.1) is 6.92 Å². The molecular weight excluding hydrogens is 332 g/mol. The minimum atomic E-state index is -5.05. The molecule has 0 aromatic carbocycles. The Morgan fingerprint density at radius 1 is 1.24 bits per heavy atom. The standard InChI is InChI=1S/C8H9NO3.H4O7P2/c1-5-8(12)7(4-11)6(3-10)2-9-5;1-8(2,3)7-9(4,5)6/h2,4,10,12H,3H2,1H3;(H2,1,2,3)(H2,4,5,6). The molecule has 120 valence electrons. The van der Waals surface area contributed by atoms with Gasteiger partial charge >= 0.3 is 15.6 Å². The molecule has 0 atom stereocenters. The molecule has 1 aromatic rings. The van der Waals surface area contributed by atoms with Crippen LogP contribution in [0.2, 0.25) is 0 Å². The molecule has 0 radical (unpaired) electrons. The van der Waals surface area contributed by atoms with Crippen LogP contribution in [0.4, 0.5) is 0 Å². The second-order valence-corrected chi connectivity index (χ2v) is 6.09. The Bertz CT molecular complexity index is 571. The molecule has 13 heteroatoms. The second kappa shape index (κ2) is 7.74. The molecule has 0 unspecified atom stereocenters. The molecule has 0 saturated heterocycles. The zero-order valence-electron chi connectivity index (χ0n) is 10.5. The number of aromatic nitrogens is 1. The average Bonchev–Trinajstić information content (AvgIpc) is 2.28. The van der Waals surface area contributed by atoms with Gasteiger partial charge in [-0.15, -0.1) is 0 Å². The monoisotopic (exact) mass is 345 g/mol. The zero-order chi connectivity index (χ0) is 16.8. The van der Waals surface area contributed by atoms with E-state index < -0.39 is 15.6 Å². The summed E-state index contributed by atoms with van der Waals surface area (Å²) in [5, 5.41) is 18.1. The predicted octanol–water partition coefficient (Wildman–Crippen LogP) is -0.411. The first kappa shape index (κ1) is 19.8. The maximum absolute atomic E-state index is 10.5. The number of aldehydes is 1. The minimum Gasteiger partial charge on any atom is -0.505 e. The maximum atomic E-state index is 10.5. The highest BCUT2D eigenvalue weighted by Crippen LogP contribution is 2.53. The highest BCUT2D eigenvalue weighted by molar-refractivity contribution is 7.60. The molecule has 1 aromatic heterocycles. The predicted molar refractivity (Wildman–Crippen MR) is 67.1 cm³/mol. The summed E-state index contributed by atoms with van der Waals surface area (Å²) >= 11 is 0. The van der Waals surface area contributed by atoms with Crippen molar-refractivity contribution in [3.63, 3.8) is 0 Å². The lowest BCUT2D eigenvalue weighted by Crippen LogP contribution is -1.96. The summed E-state index contributed by atoms with van der Waals surface area (Å²) in [4.78, 5) is 45.2. The SMILES string of the molecule is Cc1ncc(CO)c(C=O)c1O.O=P(O)(O)OP(=O)(O)O. The molecule has 0 saturated carbocycles.